The highest BCUT2D eigenvalue weighted by Crippen LogP contribution is 2.41. The molecule has 2 aromatic rings. The van der Waals surface area contributed by atoms with Gasteiger partial charge in [0.05, 0.1) is 19.3 Å². The van der Waals surface area contributed by atoms with E-state index >= 15 is 0 Å². The Labute approximate surface area is 255 Å². The van der Waals surface area contributed by atoms with Gasteiger partial charge in [0.25, 0.3) is 5.91 Å². The van der Waals surface area contributed by atoms with E-state index in [1.54, 1.807) is 0 Å². The second-order valence-electron chi connectivity index (χ2n) is 10.8. The van der Waals surface area contributed by atoms with Gasteiger partial charge in [0.2, 0.25) is 0 Å². The zero-order chi connectivity index (χ0) is 33.2. The average Bonchev–Trinajstić information content (AvgIpc) is 3.93. The van der Waals surface area contributed by atoms with Gasteiger partial charge in [0.1, 0.15) is 0 Å². The van der Waals surface area contributed by atoms with Gasteiger partial charge in [0.15, 0.2) is 0 Å². The molecule has 2 saturated carbocycles. The Bertz CT molecular complexity index is 1230. The highest BCUT2D eigenvalue weighted by molar-refractivity contribution is 5.94. The number of rotatable bonds is 9. The Morgan fingerprint density at radius 2 is 1.40 bits per heavy atom. The van der Waals surface area contributed by atoms with E-state index in [9.17, 15) is 31.1 Å². The molecule has 4 N–H and O–H groups in total. The van der Waals surface area contributed by atoms with Crippen LogP contribution in [0.2, 0.25) is 0 Å². The lowest BCUT2D eigenvalue weighted by Gasteiger charge is -2.35. The number of carboxylic acids is 2. The van der Waals surface area contributed by atoms with Crippen LogP contribution >= 0.6 is 0 Å². The number of benzene rings is 2. The molecule has 3 atom stereocenters. The molecule has 1 aliphatic heterocycles. The molecule has 2 aromatic carbocycles. The smallest absolute Gasteiger partial charge is 0.475 e. The third-order valence-electron chi connectivity index (χ3n) is 7.37. The van der Waals surface area contributed by atoms with Crippen LogP contribution in [0.15, 0.2) is 54.6 Å². The van der Waals surface area contributed by atoms with E-state index in [2.05, 4.69) is 51.9 Å². The number of amides is 1. The van der Waals surface area contributed by atoms with Gasteiger partial charge >= 0.3 is 24.3 Å². The zero-order valence-corrected chi connectivity index (χ0v) is 24.1. The number of carbonyl (C=O) groups is 3. The maximum atomic E-state index is 12.8. The summed E-state index contributed by atoms with van der Waals surface area (Å²) >= 11 is 0. The lowest BCUT2D eigenvalue weighted by Crippen LogP contribution is -2.43. The maximum absolute atomic E-state index is 12.8. The Balaban J connectivity index is 0.000000331. The van der Waals surface area contributed by atoms with E-state index in [1.807, 2.05) is 18.2 Å². The van der Waals surface area contributed by atoms with Crippen molar-refractivity contribution in [2.45, 2.75) is 49.6 Å². The third-order valence-corrected chi connectivity index (χ3v) is 7.37. The highest BCUT2D eigenvalue weighted by Gasteiger charge is 2.40. The lowest BCUT2D eigenvalue weighted by molar-refractivity contribution is -0.193. The quantitative estimate of drug-likeness (QED) is 0.291. The Morgan fingerprint density at radius 1 is 0.867 bits per heavy atom. The summed E-state index contributed by atoms with van der Waals surface area (Å²) in [6.45, 7) is 5.05. The Kier molecular flexibility index (Phi) is 12.8. The molecule has 0 bridgehead atoms. The standard InChI is InChI=1S/C26H33N3O2.2C2HF3O2/c30-26(22-10-8-20(9-11-22)23-16-24(23)27-17-19-6-7-19)28-18-25(21-4-2-1-3-5-21)29-12-14-31-15-13-29;2*3-2(4,5)1(6)7/h1-5,8-11,19,23-25,27H,6-7,12-18H2,(H,28,30);2*(H,6,7). The van der Waals surface area contributed by atoms with Crippen molar-refractivity contribution in [1.29, 1.82) is 0 Å². The van der Waals surface area contributed by atoms with Crippen LogP contribution in [0.1, 0.15) is 52.7 Å². The number of hydrogen-bond donors (Lipinski definition) is 4. The van der Waals surface area contributed by atoms with Crippen molar-refractivity contribution in [1.82, 2.24) is 15.5 Å². The van der Waals surface area contributed by atoms with Crippen LogP contribution in [-0.2, 0) is 14.3 Å². The number of nitrogens with zero attached hydrogens (tertiary/aromatic N) is 1. The first-order valence-corrected chi connectivity index (χ1v) is 14.2. The van der Waals surface area contributed by atoms with Crippen LogP contribution in [0.5, 0.6) is 0 Å². The van der Waals surface area contributed by atoms with Gasteiger partial charge in [-0.1, -0.05) is 42.5 Å². The normalized spacial score (nSPS) is 20.4. The predicted octanol–water partition coefficient (Wildman–Crippen LogP) is 4.61. The van der Waals surface area contributed by atoms with E-state index in [4.69, 9.17) is 24.5 Å². The molecule has 3 aliphatic rings. The van der Waals surface area contributed by atoms with E-state index < -0.39 is 24.3 Å². The highest BCUT2D eigenvalue weighted by atomic mass is 19.4. The van der Waals surface area contributed by atoms with Crippen LogP contribution in [0, 0.1) is 5.92 Å². The molecular weight excluding hydrogens is 612 g/mol. The van der Waals surface area contributed by atoms with E-state index in [-0.39, 0.29) is 11.9 Å². The van der Waals surface area contributed by atoms with E-state index in [0.29, 0.717) is 18.5 Å². The van der Waals surface area contributed by atoms with Crippen molar-refractivity contribution in [3.8, 4) is 0 Å². The Hall–Kier alpha value is -3.69. The van der Waals surface area contributed by atoms with Gasteiger partial charge in [0, 0.05) is 37.2 Å². The summed E-state index contributed by atoms with van der Waals surface area (Å²) in [6.07, 6.45) is -6.16. The number of morpholine rings is 1. The molecule has 3 fully saturated rings. The number of halogens is 6. The average molecular weight is 648 g/mol. The number of nitrogens with one attached hydrogen (secondary N) is 2. The fraction of sp³-hybridized carbons (Fsp3) is 0.500. The second-order valence-corrected chi connectivity index (χ2v) is 10.8. The van der Waals surface area contributed by atoms with Gasteiger partial charge in [-0.2, -0.15) is 26.3 Å². The van der Waals surface area contributed by atoms with Crippen LogP contribution in [0.4, 0.5) is 26.3 Å². The minimum atomic E-state index is -5.08. The molecule has 15 heteroatoms. The number of aliphatic carboxylic acids is 2. The summed E-state index contributed by atoms with van der Waals surface area (Å²) in [6, 6.07) is 19.5. The fourth-order valence-electron chi connectivity index (χ4n) is 4.62. The van der Waals surface area contributed by atoms with Gasteiger partial charge in [-0.3, -0.25) is 9.69 Å². The first kappa shape index (κ1) is 35.8. The number of carbonyl (C=O) groups excluding carboxylic acids is 1. The summed E-state index contributed by atoms with van der Waals surface area (Å²) < 4.78 is 69.0. The summed E-state index contributed by atoms with van der Waals surface area (Å²) in [5.74, 6) is -3.98. The van der Waals surface area contributed by atoms with Crippen LogP contribution in [-0.4, -0.2) is 90.7 Å². The van der Waals surface area contributed by atoms with Crippen molar-refractivity contribution in [3.63, 3.8) is 0 Å². The second kappa shape index (κ2) is 16.0. The molecule has 45 heavy (non-hydrogen) atoms. The topological polar surface area (TPSA) is 128 Å². The minimum Gasteiger partial charge on any atom is -0.475 e. The molecule has 0 aromatic heterocycles. The monoisotopic (exact) mass is 647 g/mol. The summed E-state index contributed by atoms with van der Waals surface area (Å²) in [7, 11) is 0. The Morgan fingerprint density at radius 3 is 1.89 bits per heavy atom. The molecule has 1 heterocycles. The van der Waals surface area contributed by atoms with Crippen molar-refractivity contribution in [3.05, 3.63) is 71.3 Å². The summed E-state index contributed by atoms with van der Waals surface area (Å²) in [4.78, 5) is 33.0. The number of hydrogen-bond acceptors (Lipinski definition) is 6. The molecule has 9 nitrogen and oxygen atoms in total. The van der Waals surface area contributed by atoms with E-state index in [0.717, 1.165) is 37.8 Å². The van der Waals surface area contributed by atoms with Gasteiger partial charge < -0.3 is 25.6 Å². The predicted molar refractivity (Wildman–Crippen MR) is 150 cm³/mol. The molecule has 3 unspecified atom stereocenters. The van der Waals surface area contributed by atoms with Crippen molar-refractivity contribution >= 4 is 17.8 Å². The van der Waals surface area contributed by atoms with Crippen LogP contribution in [0.3, 0.4) is 0 Å². The minimum absolute atomic E-state index is 0.0000501. The molecule has 2 aliphatic carbocycles. The third kappa shape index (κ3) is 12.3. The molecule has 5 rings (SSSR count). The van der Waals surface area contributed by atoms with Gasteiger partial charge in [-0.15, -0.1) is 0 Å². The van der Waals surface area contributed by atoms with Gasteiger partial charge in [-0.25, -0.2) is 9.59 Å². The number of alkyl halides is 6. The first-order chi connectivity index (χ1) is 21.2. The largest absolute Gasteiger partial charge is 0.490 e. The number of ether oxygens (including phenoxy) is 1. The SMILES string of the molecule is O=C(NCC(c1ccccc1)N1CCOCC1)c1ccc(C2CC2NCC2CC2)cc1.O=C(O)C(F)(F)F.O=C(O)C(F)(F)F. The lowest BCUT2D eigenvalue weighted by atomic mass is 10.0. The molecule has 1 amide bonds. The summed E-state index contributed by atoms with van der Waals surface area (Å²) in [5.41, 5.74) is 3.32. The van der Waals surface area contributed by atoms with Crippen LogP contribution in [0.25, 0.3) is 0 Å². The molecule has 248 valence electrons. The van der Waals surface area contributed by atoms with Crippen molar-refractivity contribution in [2.24, 2.45) is 5.92 Å². The van der Waals surface area contributed by atoms with Gasteiger partial charge in [-0.05, 0) is 55.0 Å². The molecule has 0 radical (unpaired) electrons. The number of carboxylic acid groups (broad SMARTS) is 2. The van der Waals surface area contributed by atoms with Crippen molar-refractivity contribution in [2.75, 3.05) is 39.4 Å². The first-order valence-electron chi connectivity index (χ1n) is 14.2. The fourth-order valence-corrected chi connectivity index (χ4v) is 4.62. The maximum Gasteiger partial charge on any atom is 0.490 e. The van der Waals surface area contributed by atoms with E-state index in [1.165, 1.54) is 36.9 Å². The zero-order valence-electron chi connectivity index (χ0n) is 24.1. The van der Waals surface area contributed by atoms with Crippen molar-refractivity contribution < 1.29 is 55.7 Å². The summed E-state index contributed by atoms with van der Waals surface area (Å²) in [5, 5.41) is 21.1. The van der Waals surface area contributed by atoms with Crippen LogP contribution < -0.4 is 10.6 Å². The molecule has 1 saturated heterocycles. The molecular formula is C30H35F6N3O6. The molecule has 0 spiro atoms.